The molecule has 1 saturated carbocycles. The Kier molecular flexibility index (Phi) is 3.25. The molecular formula is C13H15BrO. The summed E-state index contributed by atoms with van der Waals surface area (Å²) in [5, 5.41) is 0. The van der Waals surface area contributed by atoms with E-state index in [0.717, 1.165) is 23.7 Å². The Bertz CT molecular complexity index is 336. The van der Waals surface area contributed by atoms with Crippen molar-refractivity contribution in [3.05, 3.63) is 34.3 Å². The highest BCUT2D eigenvalue weighted by Gasteiger charge is 2.33. The molecule has 1 aromatic rings. The number of hydrogen-bond acceptors (Lipinski definition) is 1. The van der Waals surface area contributed by atoms with Crippen LogP contribution in [0.1, 0.15) is 31.2 Å². The highest BCUT2D eigenvalue weighted by atomic mass is 79.9. The molecule has 1 aromatic carbocycles. The van der Waals surface area contributed by atoms with E-state index in [4.69, 9.17) is 0 Å². The van der Waals surface area contributed by atoms with Gasteiger partial charge in [-0.2, -0.15) is 0 Å². The van der Waals surface area contributed by atoms with Crippen molar-refractivity contribution in [3.8, 4) is 0 Å². The molecule has 0 aromatic heterocycles. The Morgan fingerprint density at radius 2 is 1.80 bits per heavy atom. The lowest BCUT2D eigenvalue weighted by Gasteiger charge is -2.21. The molecule has 2 rings (SSSR count). The van der Waals surface area contributed by atoms with Crippen LogP contribution in [0.25, 0.3) is 0 Å². The van der Waals surface area contributed by atoms with E-state index >= 15 is 0 Å². The third kappa shape index (κ3) is 2.49. The van der Waals surface area contributed by atoms with Gasteiger partial charge in [0, 0.05) is 9.89 Å². The van der Waals surface area contributed by atoms with Crippen LogP contribution in [0.3, 0.4) is 0 Å². The minimum Gasteiger partial charge on any atom is -0.303 e. The largest absolute Gasteiger partial charge is 0.303 e. The number of rotatable bonds is 3. The van der Waals surface area contributed by atoms with Crippen LogP contribution in [0, 0.1) is 5.41 Å². The summed E-state index contributed by atoms with van der Waals surface area (Å²) in [6, 6.07) is 8.30. The third-order valence-corrected chi connectivity index (χ3v) is 3.85. The van der Waals surface area contributed by atoms with Gasteiger partial charge >= 0.3 is 0 Å². The van der Waals surface area contributed by atoms with Crippen molar-refractivity contribution in [2.45, 2.75) is 32.1 Å². The van der Waals surface area contributed by atoms with Crippen LogP contribution in [0.4, 0.5) is 0 Å². The van der Waals surface area contributed by atoms with E-state index in [9.17, 15) is 4.79 Å². The zero-order chi connectivity index (χ0) is 10.7. The average molecular weight is 267 g/mol. The molecule has 0 atom stereocenters. The normalized spacial score (nSPS) is 19.0. The standard InChI is InChI=1S/C13H15BrO/c14-12-5-3-11(4-6-12)9-13(10-15)7-1-2-8-13/h3-6,10H,1-2,7-9H2. The fraction of sp³-hybridized carbons (Fsp3) is 0.462. The molecule has 0 aliphatic heterocycles. The molecule has 0 saturated heterocycles. The van der Waals surface area contributed by atoms with Crippen molar-refractivity contribution >= 4 is 22.2 Å². The number of benzene rings is 1. The summed E-state index contributed by atoms with van der Waals surface area (Å²) in [7, 11) is 0. The van der Waals surface area contributed by atoms with Gasteiger partial charge in [0.1, 0.15) is 6.29 Å². The van der Waals surface area contributed by atoms with Gasteiger partial charge in [-0.05, 0) is 37.0 Å². The molecule has 1 nitrogen and oxygen atoms in total. The first-order valence-electron chi connectivity index (χ1n) is 5.45. The van der Waals surface area contributed by atoms with Crippen molar-refractivity contribution in [2.24, 2.45) is 5.41 Å². The molecule has 2 heteroatoms. The van der Waals surface area contributed by atoms with E-state index in [1.165, 1.54) is 24.7 Å². The van der Waals surface area contributed by atoms with Crippen LogP contribution < -0.4 is 0 Å². The van der Waals surface area contributed by atoms with Crippen LogP contribution in [-0.4, -0.2) is 6.29 Å². The second kappa shape index (κ2) is 4.48. The van der Waals surface area contributed by atoms with Crippen LogP contribution in [0.2, 0.25) is 0 Å². The van der Waals surface area contributed by atoms with Gasteiger partial charge < -0.3 is 4.79 Å². The Hall–Kier alpha value is -0.630. The highest BCUT2D eigenvalue weighted by Crippen LogP contribution is 2.39. The second-order valence-electron chi connectivity index (χ2n) is 4.49. The maximum atomic E-state index is 11.2. The molecule has 0 heterocycles. The molecule has 0 spiro atoms. The number of carbonyl (C=O) groups excluding carboxylic acids is 1. The third-order valence-electron chi connectivity index (χ3n) is 3.32. The van der Waals surface area contributed by atoms with Crippen LogP contribution in [0.5, 0.6) is 0 Å². The second-order valence-corrected chi connectivity index (χ2v) is 5.41. The lowest BCUT2D eigenvalue weighted by molar-refractivity contribution is -0.115. The predicted octanol–water partition coefficient (Wildman–Crippen LogP) is 3.75. The van der Waals surface area contributed by atoms with Crippen molar-refractivity contribution in [1.82, 2.24) is 0 Å². The Morgan fingerprint density at radius 1 is 1.20 bits per heavy atom. The molecule has 0 unspecified atom stereocenters. The van der Waals surface area contributed by atoms with Crippen molar-refractivity contribution in [2.75, 3.05) is 0 Å². The molecular weight excluding hydrogens is 252 g/mol. The molecule has 1 aliphatic rings. The van der Waals surface area contributed by atoms with Gasteiger partial charge in [-0.15, -0.1) is 0 Å². The fourth-order valence-corrected chi connectivity index (χ4v) is 2.69. The number of carbonyl (C=O) groups is 1. The van der Waals surface area contributed by atoms with Crippen molar-refractivity contribution in [3.63, 3.8) is 0 Å². The van der Waals surface area contributed by atoms with Gasteiger partial charge in [0.05, 0.1) is 0 Å². The number of aldehydes is 1. The van der Waals surface area contributed by atoms with E-state index in [2.05, 4.69) is 28.1 Å². The quantitative estimate of drug-likeness (QED) is 0.762. The summed E-state index contributed by atoms with van der Waals surface area (Å²) >= 11 is 3.42. The van der Waals surface area contributed by atoms with Gasteiger partial charge in [-0.25, -0.2) is 0 Å². The fourth-order valence-electron chi connectivity index (χ4n) is 2.42. The Labute approximate surface area is 99.0 Å². The summed E-state index contributed by atoms with van der Waals surface area (Å²) in [4.78, 5) is 11.2. The maximum absolute atomic E-state index is 11.2. The first-order chi connectivity index (χ1) is 7.24. The van der Waals surface area contributed by atoms with Gasteiger partial charge in [0.25, 0.3) is 0 Å². The molecule has 1 aliphatic carbocycles. The minimum atomic E-state index is -0.0617. The van der Waals surface area contributed by atoms with E-state index in [1.54, 1.807) is 0 Å². The Morgan fingerprint density at radius 3 is 2.33 bits per heavy atom. The van der Waals surface area contributed by atoms with Gasteiger partial charge in [0.15, 0.2) is 0 Å². The Balaban J connectivity index is 2.12. The van der Waals surface area contributed by atoms with Gasteiger partial charge in [-0.1, -0.05) is 40.9 Å². The van der Waals surface area contributed by atoms with E-state index in [-0.39, 0.29) is 5.41 Å². The van der Waals surface area contributed by atoms with Crippen molar-refractivity contribution < 1.29 is 4.79 Å². The minimum absolute atomic E-state index is 0.0617. The topological polar surface area (TPSA) is 17.1 Å². The highest BCUT2D eigenvalue weighted by molar-refractivity contribution is 9.10. The van der Waals surface area contributed by atoms with Crippen LogP contribution in [-0.2, 0) is 11.2 Å². The number of halogens is 1. The number of hydrogen-bond donors (Lipinski definition) is 0. The molecule has 0 bridgehead atoms. The summed E-state index contributed by atoms with van der Waals surface area (Å²) in [6.45, 7) is 0. The molecule has 80 valence electrons. The molecule has 1 fully saturated rings. The first kappa shape index (κ1) is 10.9. The predicted molar refractivity (Wildman–Crippen MR) is 64.8 cm³/mol. The molecule has 0 amide bonds. The zero-order valence-electron chi connectivity index (χ0n) is 8.71. The lowest BCUT2D eigenvalue weighted by Crippen LogP contribution is -2.21. The SMILES string of the molecule is O=CC1(Cc2ccc(Br)cc2)CCCC1. The van der Waals surface area contributed by atoms with E-state index in [0.29, 0.717) is 0 Å². The lowest BCUT2D eigenvalue weighted by atomic mass is 9.81. The zero-order valence-corrected chi connectivity index (χ0v) is 10.3. The summed E-state index contributed by atoms with van der Waals surface area (Å²) in [5.41, 5.74) is 1.21. The van der Waals surface area contributed by atoms with E-state index < -0.39 is 0 Å². The van der Waals surface area contributed by atoms with Gasteiger partial charge in [0.2, 0.25) is 0 Å². The average Bonchev–Trinajstić information content (AvgIpc) is 2.71. The summed E-state index contributed by atoms with van der Waals surface area (Å²) < 4.78 is 1.10. The molecule has 15 heavy (non-hydrogen) atoms. The van der Waals surface area contributed by atoms with Crippen LogP contribution in [0.15, 0.2) is 28.7 Å². The summed E-state index contributed by atoms with van der Waals surface area (Å²) in [5.74, 6) is 0. The maximum Gasteiger partial charge on any atom is 0.126 e. The van der Waals surface area contributed by atoms with E-state index in [1.807, 2.05) is 12.1 Å². The monoisotopic (exact) mass is 266 g/mol. The van der Waals surface area contributed by atoms with Crippen LogP contribution >= 0.6 is 15.9 Å². The summed E-state index contributed by atoms with van der Waals surface area (Å²) in [6.07, 6.45) is 6.62. The smallest absolute Gasteiger partial charge is 0.126 e. The van der Waals surface area contributed by atoms with Gasteiger partial charge in [-0.3, -0.25) is 0 Å². The molecule has 0 radical (unpaired) electrons. The first-order valence-corrected chi connectivity index (χ1v) is 6.24. The molecule has 0 N–H and O–H groups in total. The van der Waals surface area contributed by atoms with Crippen molar-refractivity contribution in [1.29, 1.82) is 0 Å².